The van der Waals surface area contributed by atoms with Crippen molar-refractivity contribution in [3.63, 3.8) is 0 Å². The first-order chi connectivity index (χ1) is 18.8. The number of rotatable bonds is 10. The van der Waals surface area contributed by atoms with Gasteiger partial charge in [0.25, 0.3) is 0 Å². The summed E-state index contributed by atoms with van der Waals surface area (Å²) < 4.78 is 13.7. The van der Waals surface area contributed by atoms with Gasteiger partial charge in [-0.25, -0.2) is 14.8 Å². The maximum atomic E-state index is 13.4. The van der Waals surface area contributed by atoms with E-state index in [9.17, 15) is 4.79 Å². The van der Waals surface area contributed by atoms with E-state index in [1.54, 1.807) is 19.2 Å². The highest BCUT2D eigenvalue weighted by Gasteiger charge is 2.27. The summed E-state index contributed by atoms with van der Waals surface area (Å²) in [5, 5.41) is 0.563. The van der Waals surface area contributed by atoms with Gasteiger partial charge in [-0.2, -0.15) is 0 Å². The lowest BCUT2D eigenvalue weighted by molar-refractivity contribution is 0.0526. The molecule has 0 fully saturated rings. The van der Waals surface area contributed by atoms with Crippen LogP contribution in [0.2, 0.25) is 42.8 Å². The normalized spacial score (nSPS) is 11.6. The number of hydrogen-bond acceptors (Lipinski definition) is 6. The van der Waals surface area contributed by atoms with E-state index in [0.717, 1.165) is 17.2 Å². The van der Waals surface area contributed by atoms with Crippen LogP contribution in [0.25, 0.3) is 22.6 Å². The number of carbonyl (C=O) groups excluding carboxylic acids is 1. The molecule has 0 amide bonds. The molecule has 0 bridgehead atoms. The molecule has 0 spiro atoms. The molecular formula is C30H40ClN4O3Si2. The summed E-state index contributed by atoms with van der Waals surface area (Å²) in [6.07, 6.45) is 1.65. The van der Waals surface area contributed by atoms with Crippen LogP contribution in [0.4, 0.5) is 5.95 Å². The highest BCUT2D eigenvalue weighted by Crippen LogP contribution is 2.37. The summed E-state index contributed by atoms with van der Waals surface area (Å²) in [4.78, 5) is 22.2. The predicted octanol–water partition coefficient (Wildman–Crippen LogP) is 7.07. The van der Waals surface area contributed by atoms with Gasteiger partial charge in [0.05, 0.1) is 29.1 Å². The fraction of sp³-hybridized carbons (Fsp3) is 0.433. The molecule has 213 valence electrons. The number of benzene rings is 1. The minimum absolute atomic E-state index is 0.122. The standard InChI is InChI=1S/C30H40ClN4O3Si2/c1-9-38-29(36)25-17-26(27-22(18-33-30(32)34-27)12-14-39(5)20(2)3)35(19-37-13-15-40(6,7)8)28(25)24-16-23(31)11-10-21(24)4/h10-11,16-18,20H,9,13,15,19H2,1-8H3,(H2,32,33,34). The molecule has 0 atom stereocenters. The topological polar surface area (TPSA) is 92.3 Å². The SMILES string of the molecule is CCOC(=O)c1cc(-c2nc(N)ncc2C#C[Si](C)C(C)C)n(COCC[Si](C)(C)C)c1-c1cc(Cl)ccc1C. The Morgan fingerprint density at radius 2 is 1.98 bits per heavy atom. The van der Waals surface area contributed by atoms with E-state index in [4.69, 9.17) is 26.8 Å². The second-order valence-electron chi connectivity index (χ2n) is 11.3. The van der Waals surface area contributed by atoms with Crippen LogP contribution < -0.4 is 5.73 Å². The fourth-order valence-corrected chi connectivity index (χ4v) is 5.46. The zero-order valence-corrected chi connectivity index (χ0v) is 27.6. The summed E-state index contributed by atoms with van der Waals surface area (Å²) in [5.74, 6) is 2.99. The molecule has 0 aliphatic rings. The van der Waals surface area contributed by atoms with Crippen molar-refractivity contribution in [2.24, 2.45) is 0 Å². The lowest BCUT2D eigenvalue weighted by Crippen LogP contribution is -2.22. The molecule has 0 unspecified atom stereocenters. The first kappa shape index (κ1) is 31.6. The molecule has 3 rings (SSSR count). The molecule has 0 aliphatic carbocycles. The molecule has 0 aliphatic heterocycles. The van der Waals surface area contributed by atoms with Gasteiger partial charge in [0.1, 0.15) is 21.2 Å². The van der Waals surface area contributed by atoms with Crippen molar-refractivity contribution < 1.29 is 14.3 Å². The number of carbonyl (C=O) groups is 1. The number of aryl methyl sites for hydroxylation is 1. The summed E-state index contributed by atoms with van der Waals surface area (Å²) >= 11 is 6.45. The summed E-state index contributed by atoms with van der Waals surface area (Å²) in [5.41, 5.74) is 14.7. The maximum Gasteiger partial charge on any atom is 0.340 e. The third-order valence-corrected chi connectivity index (χ3v) is 10.8. The second-order valence-corrected chi connectivity index (χ2v) is 20.2. The van der Waals surface area contributed by atoms with E-state index < -0.39 is 22.8 Å². The number of nitrogens with zero attached hydrogens (tertiary/aromatic N) is 3. The smallest absolute Gasteiger partial charge is 0.340 e. The molecule has 40 heavy (non-hydrogen) atoms. The Morgan fingerprint density at radius 1 is 1.25 bits per heavy atom. The van der Waals surface area contributed by atoms with Gasteiger partial charge in [0.2, 0.25) is 5.95 Å². The molecule has 2 aromatic heterocycles. The van der Waals surface area contributed by atoms with E-state index in [2.05, 4.69) is 61.5 Å². The van der Waals surface area contributed by atoms with E-state index in [-0.39, 0.29) is 19.3 Å². The van der Waals surface area contributed by atoms with E-state index in [1.807, 2.05) is 29.7 Å². The zero-order chi connectivity index (χ0) is 29.6. The predicted molar refractivity (Wildman–Crippen MR) is 169 cm³/mol. The molecular weight excluding hydrogens is 556 g/mol. The van der Waals surface area contributed by atoms with Gasteiger partial charge in [0.15, 0.2) is 0 Å². The Bertz CT molecular complexity index is 1420. The molecule has 0 saturated carbocycles. The lowest BCUT2D eigenvalue weighted by Gasteiger charge is -2.19. The number of esters is 1. The van der Waals surface area contributed by atoms with E-state index >= 15 is 0 Å². The Kier molecular flexibility index (Phi) is 10.8. The van der Waals surface area contributed by atoms with E-state index in [1.165, 1.54) is 0 Å². The molecule has 10 heteroatoms. The number of anilines is 1. The molecule has 2 heterocycles. The molecule has 2 N–H and O–H groups in total. The van der Waals surface area contributed by atoms with Crippen molar-refractivity contribution in [2.45, 2.75) is 72.2 Å². The van der Waals surface area contributed by atoms with E-state index in [0.29, 0.717) is 45.4 Å². The molecule has 3 aromatic rings. The Morgan fingerprint density at radius 3 is 2.62 bits per heavy atom. The number of hydrogen-bond donors (Lipinski definition) is 1. The number of aromatic nitrogens is 3. The molecule has 1 radical (unpaired) electrons. The first-order valence-electron chi connectivity index (χ1n) is 13.6. The van der Waals surface area contributed by atoms with Gasteiger partial charge in [-0.05, 0) is 49.2 Å². The van der Waals surface area contributed by atoms with Gasteiger partial charge in [-0.3, -0.25) is 0 Å². The minimum Gasteiger partial charge on any atom is -0.462 e. The number of ether oxygens (including phenoxy) is 2. The van der Waals surface area contributed by atoms with Gasteiger partial charge in [0, 0.05) is 31.5 Å². The number of nitrogen functional groups attached to an aromatic ring is 1. The molecule has 1 aromatic carbocycles. The third kappa shape index (κ3) is 8.07. The van der Waals surface area contributed by atoms with Gasteiger partial charge < -0.3 is 19.8 Å². The quantitative estimate of drug-likeness (QED) is 0.117. The maximum absolute atomic E-state index is 13.4. The highest BCUT2D eigenvalue weighted by molar-refractivity contribution is 6.76. The van der Waals surface area contributed by atoms with Crippen molar-refractivity contribution in [3.05, 3.63) is 52.2 Å². The molecule has 0 saturated heterocycles. The second kappa shape index (κ2) is 13.6. The summed E-state index contributed by atoms with van der Waals surface area (Å²) in [6.45, 7) is 18.3. The van der Waals surface area contributed by atoms with Crippen molar-refractivity contribution in [3.8, 4) is 34.1 Å². The summed E-state index contributed by atoms with van der Waals surface area (Å²) in [7, 11) is -2.21. The first-order valence-corrected chi connectivity index (χ1v) is 19.7. The van der Waals surface area contributed by atoms with Crippen molar-refractivity contribution in [1.82, 2.24) is 14.5 Å². The third-order valence-electron chi connectivity index (χ3n) is 6.57. The van der Waals surface area contributed by atoms with Crippen molar-refractivity contribution in [1.29, 1.82) is 0 Å². The van der Waals surface area contributed by atoms with Crippen LogP contribution in [0.3, 0.4) is 0 Å². The lowest BCUT2D eigenvalue weighted by atomic mass is 10.0. The Labute approximate surface area is 246 Å². The largest absolute Gasteiger partial charge is 0.462 e. The number of nitrogens with two attached hydrogens (primary N) is 1. The van der Waals surface area contributed by atoms with Crippen LogP contribution in [0.1, 0.15) is 42.3 Å². The Hall–Kier alpha value is -2.91. The average Bonchev–Trinajstić information content (AvgIpc) is 3.25. The minimum atomic E-state index is -1.32. The van der Waals surface area contributed by atoms with Crippen molar-refractivity contribution >= 4 is 40.4 Å². The van der Waals surface area contributed by atoms with Crippen LogP contribution in [0.5, 0.6) is 0 Å². The monoisotopic (exact) mass is 595 g/mol. The summed E-state index contributed by atoms with van der Waals surface area (Å²) in [6, 6.07) is 8.43. The van der Waals surface area contributed by atoms with Gasteiger partial charge >= 0.3 is 5.97 Å². The average molecular weight is 596 g/mol. The van der Waals surface area contributed by atoms with Crippen LogP contribution in [-0.2, 0) is 16.2 Å². The Balaban J connectivity index is 2.31. The van der Waals surface area contributed by atoms with Crippen molar-refractivity contribution in [2.75, 3.05) is 18.9 Å². The van der Waals surface area contributed by atoms with Crippen LogP contribution in [-0.4, -0.2) is 50.6 Å². The molecule has 7 nitrogen and oxygen atoms in total. The van der Waals surface area contributed by atoms with Crippen LogP contribution in [0.15, 0.2) is 30.5 Å². The highest BCUT2D eigenvalue weighted by atomic mass is 35.5. The van der Waals surface area contributed by atoms with Crippen LogP contribution >= 0.6 is 11.6 Å². The zero-order valence-electron chi connectivity index (χ0n) is 24.8. The van der Waals surface area contributed by atoms with Gasteiger partial charge in [-0.1, -0.05) is 63.6 Å². The van der Waals surface area contributed by atoms with Gasteiger partial charge in [-0.15, -0.1) is 5.54 Å². The fourth-order valence-electron chi connectivity index (χ4n) is 3.91. The van der Waals surface area contributed by atoms with Crippen LogP contribution in [0, 0.1) is 18.4 Å². The number of halogens is 1.